The van der Waals surface area contributed by atoms with E-state index in [-0.39, 0.29) is 5.75 Å². The standard InChI is InChI=1S/C9H17F3N2OS/c1-3-6(2)4-16-5-7(8(13)14-15)9(10,11)12/h6-7,15H,3-5H2,1-2H3,(H2,13,14). The minimum atomic E-state index is -4.46. The van der Waals surface area contributed by atoms with Gasteiger partial charge in [-0.3, -0.25) is 0 Å². The van der Waals surface area contributed by atoms with Crippen LogP contribution in [0, 0.1) is 11.8 Å². The van der Waals surface area contributed by atoms with Crippen LogP contribution >= 0.6 is 11.8 Å². The molecule has 3 nitrogen and oxygen atoms in total. The molecule has 0 spiro atoms. The number of nitrogens with zero attached hydrogens (tertiary/aromatic N) is 1. The summed E-state index contributed by atoms with van der Waals surface area (Å²) in [5.74, 6) is -1.84. The summed E-state index contributed by atoms with van der Waals surface area (Å²) in [6, 6.07) is 0. The lowest BCUT2D eigenvalue weighted by Gasteiger charge is -2.19. The van der Waals surface area contributed by atoms with Gasteiger partial charge in [-0.05, 0) is 11.7 Å². The van der Waals surface area contributed by atoms with Crippen LogP contribution in [-0.2, 0) is 0 Å². The summed E-state index contributed by atoms with van der Waals surface area (Å²) >= 11 is 1.17. The molecule has 0 aliphatic heterocycles. The molecule has 0 fully saturated rings. The van der Waals surface area contributed by atoms with Gasteiger partial charge in [0.2, 0.25) is 0 Å². The van der Waals surface area contributed by atoms with E-state index in [2.05, 4.69) is 5.16 Å². The molecule has 0 aliphatic rings. The van der Waals surface area contributed by atoms with E-state index in [1.165, 1.54) is 11.8 Å². The molecule has 0 amide bonds. The molecule has 7 heteroatoms. The molecule has 0 saturated carbocycles. The van der Waals surface area contributed by atoms with Gasteiger partial charge in [-0.15, -0.1) is 0 Å². The van der Waals surface area contributed by atoms with Crippen molar-refractivity contribution < 1.29 is 18.4 Å². The van der Waals surface area contributed by atoms with Crippen LogP contribution in [-0.4, -0.2) is 28.7 Å². The molecule has 0 bridgehead atoms. The van der Waals surface area contributed by atoms with Gasteiger partial charge in [0, 0.05) is 5.75 Å². The Morgan fingerprint density at radius 2 is 2.00 bits per heavy atom. The lowest BCUT2D eigenvalue weighted by Crippen LogP contribution is -2.37. The third kappa shape index (κ3) is 5.48. The molecule has 2 unspecified atom stereocenters. The Hall–Kier alpha value is -0.590. The van der Waals surface area contributed by atoms with Crippen LogP contribution in [0.25, 0.3) is 0 Å². The second kappa shape index (κ2) is 6.88. The number of rotatable bonds is 6. The van der Waals surface area contributed by atoms with Crippen molar-refractivity contribution in [1.82, 2.24) is 0 Å². The average molecular weight is 258 g/mol. The van der Waals surface area contributed by atoms with E-state index in [4.69, 9.17) is 10.9 Å². The summed E-state index contributed by atoms with van der Waals surface area (Å²) in [7, 11) is 0. The highest BCUT2D eigenvalue weighted by Gasteiger charge is 2.42. The van der Waals surface area contributed by atoms with Crippen LogP contribution in [0.15, 0.2) is 5.16 Å². The maximum absolute atomic E-state index is 12.5. The van der Waals surface area contributed by atoms with E-state index in [1.807, 2.05) is 13.8 Å². The fourth-order valence-corrected chi connectivity index (χ4v) is 2.29. The second-order valence-electron chi connectivity index (χ2n) is 3.67. The molecule has 3 N–H and O–H groups in total. The topological polar surface area (TPSA) is 58.6 Å². The lowest BCUT2D eigenvalue weighted by atomic mass is 10.1. The zero-order chi connectivity index (χ0) is 12.8. The van der Waals surface area contributed by atoms with Gasteiger partial charge in [0.1, 0.15) is 5.92 Å². The Labute approximate surface area is 97.3 Å². The van der Waals surface area contributed by atoms with Crippen molar-refractivity contribution in [1.29, 1.82) is 0 Å². The molecule has 0 radical (unpaired) electrons. The number of halogens is 3. The number of amidine groups is 1. The summed E-state index contributed by atoms with van der Waals surface area (Å²) in [6.07, 6.45) is -3.54. The molecule has 0 saturated heterocycles. The van der Waals surface area contributed by atoms with Gasteiger partial charge in [0.15, 0.2) is 5.84 Å². The highest BCUT2D eigenvalue weighted by Crippen LogP contribution is 2.30. The predicted octanol–water partition coefficient (Wildman–Crippen LogP) is 2.69. The van der Waals surface area contributed by atoms with Crippen molar-refractivity contribution in [3.05, 3.63) is 0 Å². The van der Waals surface area contributed by atoms with E-state index in [9.17, 15) is 13.2 Å². The van der Waals surface area contributed by atoms with E-state index in [1.54, 1.807) is 0 Å². The van der Waals surface area contributed by atoms with E-state index >= 15 is 0 Å². The molecule has 0 heterocycles. The minimum absolute atomic E-state index is 0.205. The van der Waals surface area contributed by atoms with Crippen LogP contribution in [0.2, 0.25) is 0 Å². The number of oxime groups is 1. The molecule has 0 aromatic carbocycles. The summed E-state index contributed by atoms with van der Waals surface area (Å²) in [6.45, 7) is 3.95. The van der Waals surface area contributed by atoms with Gasteiger partial charge in [-0.25, -0.2) is 0 Å². The second-order valence-corrected chi connectivity index (χ2v) is 4.74. The van der Waals surface area contributed by atoms with Crippen LogP contribution in [0.4, 0.5) is 13.2 Å². The Morgan fingerprint density at radius 1 is 1.44 bits per heavy atom. The normalized spacial score (nSPS) is 17.2. The van der Waals surface area contributed by atoms with Gasteiger partial charge in [-0.1, -0.05) is 25.4 Å². The van der Waals surface area contributed by atoms with Gasteiger partial charge in [0.05, 0.1) is 0 Å². The summed E-state index contributed by atoms with van der Waals surface area (Å²) in [5, 5.41) is 10.7. The quantitative estimate of drug-likeness (QED) is 0.333. The Morgan fingerprint density at radius 3 is 2.38 bits per heavy atom. The molecule has 96 valence electrons. The molecule has 2 atom stereocenters. The van der Waals surface area contributed by atoms with Crippen molar-refractivity contribution in [2.24, 2.45) is 22.7 Å². The molecule has 0 aromatic rings. The van der Waals surface area contributed by atoms with Crippen molar-refractivity contribution in [3.63, 3.8) is 0 Å². The van der Waals surface area contributed by atoms with E-state index in [0.29, 0.717) is 11.7 Å². The summed E-state index contributed by atoms with van der Waals surface area (Å²) < 4.78 is 37.4. The largest absolute Gasteiger partial charge is 0.409 e. The average Bonchev–Trinajstić information content (AvgIpc) is 2.21. The first-order chi connectivity index (χ1) is 7.32. The fraction of sp³-hybridized carbons (Fsp3) is 0.889. The van der Waals surface area contributed by atoms with Crippen molar-refractivity contribution in [2.45, 2.75) is 26.4 Å². The zero-order valence-corrected chi connectivity index (χ0v) is 10.1. The van der Waals surface area contributed by atoms with Gasteiger partial charge in [0.25, 0.3) is 0 Å². The number of alkyl halides is 3. The van der Waals surface area contributed by atoms with Gasteiger partial charge >= 0.3 is 6.18 Å². The molecular weight excluding hydrogens is 241 g/mol. The van der Waals surface area contributed by atoms with E-state index < -0.39 is 17.9 Å². The maximum atomic E-state index is 12.5. The molecule has 0 aromatic heterocycles. The SMILES string of the molecule is CCC(C)CSCC(C(N)=NO)C(F)(F)F. The number of hydrogen-bond acceptors (Lipinski definition) is 3. The van der Waals surface area contributed by atoms with Crippen molar-refractivity contribution in [3.8, 4) is 0 Å². The highest BCUT2D eigenvalue weighted by atomic mass is 32.2. The monoisotopic (exact) mass is 258 g/mol. The Balaban J connectivity index is 4.25. The third-order valence-corrected chi connectivity index (χ3v) is 3.63. The smallest absolute Gasteiger partial charge is 0.399 e. The minimum Gasteiger partial charge on any atom is -0.409 e. The molecular formula is C9H17F3N2OS. The summed E-state index contributed by atoms with van der Waals surface area (Å²) in [5.41, 5.74) is 5.02. The highest BCUT2D eigenvalue weighted by molar-refractivity contribution is 7.99. The first-order valence-electron chi connectivity index (χ1n) is 4.94. The van der Waals surface area contributed by atoms with Crippen molar-refractivity contribution in [2.75, 3.05) is 11.5 Å². The first-order valence-corrected chi connectivity index (χ1v) is 6.10. The van der Waals surface area contributed by atoms with Crippen LogP contribution in [0.3, 0.4) is 0 Å². The van der Waals surface area contributed by atoms with Crippen LogP contribution in [0.5, 0.6) is 0 Å². The van der Waals surface area contributed by atoms with Gasteiger partial charge in [-0.2, -0.15) is 24.9 Å². The fourth-order valence-electron chi connectivity index (χ4n) is 0.922. The lowest BCUT2D eigenvalue weighted by molar-refractivity contribution is -0.150. The molecule has 16 heavy (non-hydrogen) atoms. The van der Waals surface area contributed by atoms with Crippen molar-refractivity contribution >= 4 is 17.6 Å². The number of nitrogens with two attached hydrogens (primary N) is 1. The first kappa shape index (κ1) is 15.4. The number of thioether (sulfide) groups is 1. The molecule has 0 rings (SSSR count). The maximum Gasteiger partial charge on any atom is 0.399 e. The molecule has 0 aliphatic carbocycles. The van der Waals surface area contributed by atoms with Crippen LogP contribution < -0.4 is 5.73 Å². The van der Waals surface area contributed by atoms with Crippen LogP contribution in [0.1, 0.15) is 20.3 Å². The summed E-state index contributed by atoms with van der Waals surface area (Å²) in [4.78, 5) is 0. The Kier molecular flexibility index (Phi) is 6.62. The predicted molar refractivity (Wildman–Crippen MR) is 59.7 cm³/mol. The van der Waals surface area contributed by atoms with E-state index in [0.717, 1.165) is 6.42 Å². The van der Waals surface area contributed by atoms with Gasteiger partial charge < -0.3 is 10.9 Å². The third-order valence-electron chi connectivity index (χ3n) is 2.25. The Bertz CT molecular complexity index is 233. The number of hydrogen-bond donors (Lipinski definition) is 2. The zero-order valence-electron chi connectivity index (χ0n) is 9.29.